The van der Waals surface area contributed by atoms with Crippen LogP contribution in [0.3, 0.4) is 0 Å². The number of aliphatic hydroxyl groups is 3. The molecule has 0 saturated carbocycles. The number of nitrogens with zero attached hydrogens (tertiary/aromatic N) is 2. The molecule has 1 aliphatic heterocycles. The van der Waals surface area contributed by atoms with Crippen molar-refractivity contribution < 1.29 is 20.1 Å². The lowest BCUT2D eigenvalue weighted by atomic mass is 9.93. The summed E-state index contributed by atoms with van der Waals surface area (Å²) in [6.45, 7) is 2.93. The summed E-state index contributed by atoms with van der Waals surface area (Å²) in [7, 11) is 0. The molecule has 9 heteroatoms. The number of aliphatic hydroxyl groups excluding tert-OH is 2. The second-order valence-electron chi connectivity index (χ2n) is 5.16. The van der Waals surface area contributed by atoms with Crippen LogP contribution in [0.15, 0.2) is 10.9 Å². The van der Waals surface area contributed by atoms with Gasteiger partial charge in [0.1, 0.15) is 18.0 Å². The van der Waals surface area contributed by atoms with Crippen LogP contribution in [0.1, 0.15) is 18.8 Å². The summed E-state index contributed by atoms with van der Waals surface area (Å²) in [6.07, 6.45) is -5.24. The van der Waals surface area contributed by atoms with Crippen LogP contribution in [-0.2, 0) is 4.74 Å². The zero-order valence-corrected chi connectivity index (χ0v) is 12.7. The highest BCUT2D eigenvalue weighted by Crippen LogP contribution is 2.39. The lowest BCUT2D eigenvalue weighted by Gasteiger charge is -2.27. The number of halogens is 1. The molecule has 1 saturated heterocycles. The Kier molecular flexibility index (Phi) is 4.47. The van der Waals surface area contributed by atoms with E-state index in [9.17, 15) is 20.1 Å². The summed E-state index contributed by atoms with van der Waals surface area (Å²) >= 11 is 5.35. The van der Waals surface area contributed by atoms with Crippen molar-refractivity contribution in [1.82, 2.24) is 9.55 Å². The molecular formula is C13H16ClN3O5. The minimum absolute atomic E-state index is 0.0105. The molecule has 1 aromatic heterocycles. The van der Waals surface area contributed by atoms with Crippen LogP contribution in [0, 0.1) is 18.2 Å². The normalized spacial score (nSPS) is 32.4. The fraction of sp³-hybridized carbons (Fsp3) is 0.538. The monoisotopic (exact) mass is 329 g/mol. The smallest absolute Gasteiger partial charge is 0.351 e. The number of aryl methyl sites for hydroxylation is 1. The summed E-state index contributed by atoms with van der Waals surface area (Å²) in [5, 5.41) is 32.5. The third-order valence-corrected chi connectivity index (χ3v) is 3.64. The number of aromatic nitrogens is 2. The minimum Gasteiger partial charge on any atom is -0.391 e. The van der Waals surface area contributed by atoms with Crippen molar-refractivity contribution in [2.75, 3.05) is 5.73 Å². The minimum atomic E-state index is -2.18. The molecule has 1 aliphatic rings. The van der Waals surface area contributed by atoms with Gasteiger partial charge in [-0.05, 0) is 37.4 Å². The molecule has 0 bridgehead atoms. The Morgan fingerprint density at radius 1 is 1.64 bits per heavy atom. The van der Waals surface area contributed by atoms with Crippen molar-refractivity contribution in [1.29, 1.82) is 0 Å². The van der Waals surface area contributed by atoms with Gasteiger partial charge >= 0.3 is 5.69 Å². The van der Waals surface area contributed by atoms with Gasteiger partial charge in [0.15, 0.2) is 6.23 Å². The molecule has 0 spiro atoms. The van der Waals surface area contributed by atoms with Gasteiger partial charge < -0.3 is 25.8 Å². The predicted molar refractivity (Wildman–Crippen MR) is 77.8 cm³/mol. The fourth-order valence-electron chi connectivity index (χ4n) is 2.49. The lowest BCUT2D eigenvalue weighted by molar-refractivity contribution is -0.0891. The Bertz CT molecular complexity index is 695. The highest BCUT2D eigenvalue weighted by molar-refractivity contribution is 6.30. The first-order valence-electron chi connectivity index (χ1n) is 6.44. The van der Waals surface area contributed by atoms with Crippen molar-refractivity contribution in [2.24, 2.45) is 0 Å². The van der Waals surface area contributed by atoms with Crippen molar-refractivity contribution in [2.45, 2.75) is 44.0 Å². The van der Waals surface area contributed by atoms with E-state index in [2.05, 4.69) is 10.9 Å². The van der Waals surface area contributed by atoms with Gasteiger partial charge in [0, 0.05) is 11.1 Å². The van der Waals surface area contributed by atoms with E-state index in [1.807, 2.05) is 5.38 Å². The van der Waals surface area contributed by atoms with Crippen LogP contribution in [0.4, 0.5) is 5.82 Å². The van der Waals surface area contributed by atoms with Crippen LogP contribution in [-0.4, -0.2) is 48.8 Å². The van der Waals surface area contributed by atoms with Gasteiger partial charge in [-0.25, -0.2) is 4.79 Å². The number of nitrogen functional groups attached to an aromatic ring is 1. The average Bonchev–Trinajstić information content (AvgIpc) is 2.63. The zero-order valence-electron chi connectivity index (χ0n) is 11.9. The van der Waals surface area contributed by atoms with E-state index < -0.39 is 35.8 Å². The lowest BCUT2D eigenvalue weighted by Crippen LogP contribution is -2.49. The maximum atomic E-state index is 12.1. The van der Waals surface area contributed by atoms with Gasteiger partial charge in [-0.3, -0.25) is 4.57 Å². The molecule has 5 N–H and O–H groups in total. The van der Waals surface area contributed by atoms with Crippen LogP contribution in [0.25, 0.3) is 0 Å². The molecule has 0 aromatic carbocycles. The summed E-state index contributed by atoms with van der Waals surface area (Å²) in [5.41, 5.74) is 2.87. The Morgan fingerprint density at radius 3 is 2.77 bits per heavy atom. The van der Waals surface area contributed by atoms with E-state index in [0.29, 0.717) is 5.69 Å². The molecule has 1 aromatic rings. The Labute approximate surface area is 131 Å². The second-order valence-corrected chi connectivity index (χ2v) is 5.35. The van der Waals surface area contributed by atoms with Gasteiger partial charge in [0.25, 0.3) is 0 Å². The highest BCUT2D eigenvalue weighted by Gasteiger charge is 2.57. The first-order chi connectivity index (χ1) is 10.2. The number of rotatable bonds is 2. The molecule has 0 aliphatic carbocycles. The van der Waals surface area contributed by atoms with E-state index in [-0.39, 0.29) is 5.82 Å². The maximum absolute atomic E-state index is 12.1. The Balaban J connectivity index is 2.62. The van der Waals surface area contributed by atoms with Gasteiger partial charge in [-0.15, -0.1) is 0 Å². The Hall–Kier alpha value is -1.63. The number of anilines is 1. The zero-order chi connectivity index (χ0) is 16.7. The van der Waals surface area contributed by atoms with Crippen LogP contribution >= 0.6 is 11.6 Å². The highest BCUT2D eigenvalue weighted by atomic mass is 35.5. The summed E-state index contributed by atoms with van der Waals surface area (Å²) in [5.74, 6) is 2.25. The van der Waals surface area contributed by atoms with E-state index in [1.54, 1.807) is 6.92 Å². The molecule has 1 fully saturated rings. The van der Waals surface area contributed by atoms with Crippen molar-refractivity contribution in [3.8, 4) is 11.3 Å². The number of hydrogen-bond acceptors (Lipinski definition) is 7. The molecule has 2 rings (SSSR count). The number of hydrogen-bond donors (Lipinski definition) is 4. The summed E-state index contributed by atoms with van der Waals surface area (Å²) < 4.78 is 6.47. The van der Waals surface area contributed by atoms with E-state index in [4.69, 9.17) is 22.1 Å². The third kappa shape index (κ3) is 2.58. The molecule has 2 heterocycles. The quantitative estimate of drug-likeness (QED) is 0.496. The van der Waals surface area contributed by atoms with Gasteiger partial charge in [0.2, 0.25) is 5.60 Å². The van der Waals surface area contributed by atoms with Crippen molar-refractivity contribution in [3.63, 3.8) is 0 Å². The number of ether oxygens (including phenoxy) is 1. The molecule has 5 atom stereocenters. The molecule has 22 heavy (non-hydrogen) atoms. The van der Waals surface area contributed by atoms with Crippen LogP contribution in [0.2, 0.25) is 0 Å². The first kappa shape index (κ1) is 16.7. The largest absolute Gasteiger partial charge is 0.391 e. The van der Waals surface area contributed by atoms with Gasteiger partial charge in [0.05, 0.1) is 6.10 Å². The SMILES string of the molecule is Cc1cc(N)nc(=O)n1[C@@H]1O[C@H]([C@@H](C)O)C(O)[C@]1(O)C#CCl. The predicted octanol–water partition coefficient (Wildman–Crippen LogP) is -1.30. The Morgan fingerprint density at radius 2 is 2.27 bits per heavy atom. The van der Waals surface area contributed by atoms with E-state index in [0.717, 1.165) is 4.57 Å². The third-order valence-electron chi connectivity index (χ3n) is 3.55. The fourth-order valence-corrected chi connectivity index (χ4v) is 2.64. The van der Waals surface area contributed by atoms with Crippen molar-refractivity contribution >= 4 is 17.4 Å². The molecule has 8 nitrogen and oxygen atoms in total. The van der Waals surface area contributed by atoms with Crippen LogP contribution in [0.5, 0.6) is 0 Å². The van der Waals surface area contributed by atoms with E-state index in [1.165, 1.54) is 13.0 Å². The van der Waals surface area contributed by atoms with Gasteiger partial charge in [-0.1, -0.05) is 0 Å². The molecule has 0 amide bonds. The molecule has 1 unspecified atom stereocenters. The van der Waals surface area contributed by atoms with E-state index >= 15 is 0 Å². The molecule has 0 radical (unpaired) electrons. The van der Waals surface area contributed by atoms with Gasteiger partial charge in [-0.2, -0.15) is 4.98 Å². The number of nitrogens with two attached hydrogens (primary N) is 1. The summed E-state index contributed by atoms with van der Waals surface area (Å²) in [6, 6.07) is 1.40. The standard InChI is InChI=1S/C13H16ClN3O5/c1-6-5-8(15)16-12(20)17(6)11-13(21,3-4-14)10(19)9(22-11)7(2)18/h5,7,9-11,18-19,21H,1-2H3,(H2,15,16,20)/t7-,9-,10?,11-,13-/m1/s1. The topological polar surface area (TPSA) is 131 Å². The summed E-state index contributed by atoms with van der Waals surface area (Å²) in [4.78, 5) is 15.6. The maximum Gasteiger partial charge on any atom is 0.351 e. The van der Waals surface area contributed by atoms with Crippen molar-refractivity contribution in [3.05, 3.63) is 22.2 Å². The second kappa shape index (κ2) is 5.87. The average molecular weight is 330 g/mol. The molecule has 120 valence electrons. The molecular weight excluding hydrogens is 314 g/mol. The first-order valence-corrected chi connectivity index (χ1v) is 6.82. The van der Waals surface area contributed by atoms with Crippen LogP contribution < -0.4 is 11.4 Å².